The highest BCUT2D eigenvalue weighted by Crippen LogP contribution is 2.37. The highest BCUT2D eigenvalue weighted by molar-refractivity contribution is 7.18. The zero-order valence-corrected chi connectivity index (χ0v) is 23.6. The highest BCUT2D eigenvalue weighted by atomic mass is 32.1. The van der Waals surface area contributed by atoms with E-state index >= 15 is 0 Å². The van der Waals surface area contributed by atoms with Crippen molar-refractivity contribution in [1.29, 1.82) is 0 Å². The Bertz CT molecular complexity index is 1590. The van der Waals surface area contributed by atoms with Crippen molar-refractivity contribution < 1.29 is 18.7 Å². The predicted molar refractivity (Wildman–Crippen MR) is 154 cm³/mol. The molecule has 4 aromatic rings. The summed E-state index contributed by atoms with van der Waals surface area (Å²) >= 11 is 1.61. The molecule has 2 unspecified atom stereocenters. The number of nitrogens with zero attached hydrogens (tertiary/aromatic N) is 2. The molecule has 0 radical (unpaired) electrons. The van der Waals surface area contributed by atoms with E-state index in [0.29, 0.717) is 29.2 Å². The molecule has 1 amide bonds. The Hall–Kier alpha value is -3.85. The lowest BCUT2D eigenvalue weighted by Crippen LogP contribution is -2.36. The Kier molecular flexibility index (Phi) is 8.12. The van der Waals surface area contributed by atoms with Gasteiger partial charge in [0.25, 0.3) is 11.5 Å². The van der Waals surface area contributed by atoms with E-state index < -0.39 is 12.6 Å². The molecule has 40 heavy (non-hydrogen) atoms. The van der Waals surface area contributed by atoms with Crippen molar-refractivity contribution in [1.82, 2.24) is 14.9 Å². The number of hydrogen-bond acceptors (Lipinski definition) is 6. The van der Waals surface area contributed by atoms with E-state index in [1.54, 1.807) is 52.6 Å². The average Bonchev–Trinajstić information content (AvgIpc) is 3.34. The number of carbonyl (C=O) groups is 2. The summed E-state index contributed by atoms with van der Waals surface area (Å²) in [4.78, 5) is 49.7. The summed E-state index contributed by atoms with van der Waals surface area (Å²) in [5.74, 6) is -0.207. The van der Waals surface area contributed by atoms with Crippen molar-refractivity contribution in [2.45, 2.75) is 52.5 Å². The maximum Gasteiger partial charge on any atom is 0.338 e. The molecule has 2 aromatic heterocycles. The molecule has 208 valence electrons. The minimum atomic E-state index is -0.626. The Balaban J connectivity index is 1.26. The van der Waals surface area contributed by atoms with E-state index in [0.717, 1.165) is 41.6 Å². The number of halogens is 1. The van der Waals surface area contributed by atoms with Crippen LogP contribution in [0.5, 0.6) is 0 Å². The number of aromatic nitrogens is 2. The van der Waals surface area contributed by atoms with Crippen LogP contribution >= 0.6 is 11.3 Å². The van der Waals surface area contributed by atoms with Gasteiger partial charge in [0, 0.05) is 17.0 Å². The molecule has 7 nitrogen and oxygen atoms in total. The van der Waals surface area contributed by atoms with Crippen molar-refractivity contribution in [3.05, 3.63) is 86.3 Å². The van der Waals surface area contributed by atoms with E-state index in [1.807, 2.05) is 13.8 Å². The lowest BCUT2D eigenvalue weighted by atomic mass is 9.86. The van der Waals surface area contributed by atoms with Gasteiger partial charge in [0.15, 0.2) is 6.61 Å². The van der Waals surface area contributed by atoms with E-state index in [4.69, 9.17) is 9.72 Å². The topological polar surface area (TPSA) is 92.4 Å². The molecule has 1 N–H and O–H groups in total. The minimum absolute atomic E-state index is 0.134. The molecule has 5 rings (SSSR count). The molecule has 0 saturated heterocycles. The summed E-state index contributed by atoms with van der Waals surface area (Å²) in [6.45, 7) is 5.89. The van der Waals surface area contributed by atoms with Gasteiger partial charge in [0.2, 0.25) is 0 Å². The highest BCUT2D eigenvalue weighted by Gasteiger charge is 2.25. The largest absolute Gasteiger partial charge is 0.452 e. The van der Waals surface area contributed by atoms with E-state index in [9.17, 15) is 18.8 Å². The molecule has 9 heteroatoms. The molecular formula is C31H32FN3O4S. The van der Waals surface area contributed by atoms with Crippen molar-refractivity contribution in [2.75, 3.05) is 13.2 Å². The van der Waals surface area contributed by atoms with Gasteiger partial charge in [-0.2, -0.15) is 0 Å². The van der Waals surface area contributed by atoms with Crippen LogP contribution in [-0.4, -0.2) is 39.9 Å². The molecule has 0 saturated carbocycles. The van der Waals surface area contributed by atoms with Crippen molar-refractivity contribution in [2.24, 2.45) is 5.92 Å². The maximum atomic E-state index is 13.3. The number of thiophene rings is 1. The van der Waals surface area contributed by atoms with Gasteiger partial charge in [-0.05, 0) is 74.4 Å². The summed E-state index contributed by atoms with van der Waals surface area (Å²) in [6.07, 6.45) is 4.15. The lowest BCUT2D eigenvalue weighted by molar-refractivity contribution is -0.136. The summed E-state index contributed by atoms with van der Waals surface area (Å²) in [5, 5.41) is 0.707. The Morgan fingerprint density at radius 3 is 2.55 bits per heavy atom. The van der Waals surface area contributed by atoms with Crippen LogP contribution in [0, 0.1) is 11.7 Å². The van der Waals surface area contributed by atoms with Crippen LogP contribution in [0.15, 0.2) is 53.3 Å². The Morgan fingerprint density at radius 1 is 1.15 bits per heavy atom. The maximum absolute atomic E-state index is 13.3. The first-order valence-electron chi connectivity index (χ1n) is 13.7. The first-order chi connectivity index (χ1) is 19.3. The number of nitrogens with one attached hydrogen (secondary N) is 1. The number of esters is 1. The zero-order chi connectivity index (χ0) is 28.4. The quantitative estimate of drug-likeness (QED) is 0.264. The molecule has 0 fully saturated rings. The van der Waals surface area contributed by atoms with Gasteiger partial charge in [-0.15, -0.1) is 11.3 Å². The standard InChI is InChI=1S/C31H32FN3O4S/c1-4-19-6-15-24-25(16-19)40-30-27(24)29(37)33-28(34-30)21-7-9-22(10-8-21)31(38)39-17-26(36)35(5-2)18(3)20-11-13-23(32)14-12-20/h7-14,18-19H,4-6,15-17H2,1-3H3,(H,33,34,37). The van der Waals surface area contributed by atoms with E-state index in [1.165, 1.54) is 17.0 Å². The van der Waals surface area contributed by atoms with Gasteiger partial charge in [-0.3, -0.25) is 9.59 Å². The lowest BCUT2D eigenvalue weighted by Gasteiger charge is -2.28. The monoisotopic (exact) mass is 561 g/mol. The second kappa shape index (κ2) is 11.7. The molecule has 0 spiro atoms. The van der Waals surface area contributed by atoms with E-state index in [2.05, 4.69) is 11.9 Å². The number of aryl methyl sites for hydroxylation is 1. The van der Waals surface area contributed by atoms with Crippen LogP contribution < -0.4 is 5.56 Å². The molecule has 2 aromatic carbocycles. The number of benzene rings is 2. The number of likely N-dealkylation sites (N-methyl/N-ethyl adjacent to an activating group) is 1. The van der Waals surface area contributed by atoms with Crippen molar-refractivity contribution in [3.63, 3.8) is 0 Å². The summed E-state index contributed by atoms with van der Waals surface area (Å²) in [7, 11) is 0. The van der Waals surface area contributed by atoms with E-state index in [-0.39, 0.29) is 28.9 Å². The summed E-state index contributed by atoms with van der Waals surface area (Å²) < 4.78 is 18.6. The normalized spacial score (nSPS) is 15.4. The molecule has 1 aliphatic carbocycles. The molecular weight excluding hydrogens is 529 g/mol. The van der Waals surface area contributed by atoms with Gasteiger partial charge in [0.05, 0.1) is 17.0 Å². The Labute approximate surface area is 236 Å². The number of ether oxygens (including phenoxy) is 1. The fourth-order valence-electron chi connectivity index (χ4n) is 5.38. The van der Waals surface area contributed by atoms with Crippen molar-refractivity contribution in [3.8, 4) is 11.4 Å². The van der Waals surface area contributed by atoms with Gasteiger partial charge in [-0.1, -0.05) is 37.6 Å². The molecule has 2 heterocycles. The Morgan fingerprint density at radius 2 is 1.88 bits per heavy atom. The summed E-state index contributed by atoms with van der Waals surface area (Å²) in [5.41, 5.74) is 2.76. The van der Waals surface area contributed by atoms with Gasteiger partial charge >= 0.3 is 5.97 Å². The molecule has 0 aliphatic heterocycles. The molecule has 2 atom stereocenters. The zero-order valence-electron chi connectivity index (χ0n) is 22.8. The van der Waals surface area contributed by atoms with Gasteiger partial charge in [-0.25, -0.2) is 14.2 Å². The number of rotatable bonds is 8. The number of fused-ring (bicyclic) bond motifs is 3. The number of hydrogen-bond donors (Lipinski definition) is 1. The number of H-pyrrole nitrogens is 1. The first-order valence-corrected chi connectivity index (χ1v) is 14.5. The van der Waals surface area contributed by atoms with Crippen LogP contribution in [0.25, 0.3) is 21.6 Å². The van der Waals surface area contributed by atoms with Crippen LogP contribution in [0.2, 0.25) is 0 Å². The molecule has 0 bridgehead atoms. The third-order valence-corrected chi connectivity index (χ3v) is 8.95. The second-order valence-corrected chi connectivity index (χ2v) is 11.3. The fraction of sp³-hybridized carbons (Fsp3) is 0.355. The first kappa shape index (κ1) is 27.7. The predicted octanol–water partition coefficient (Wildman–Crippen LogP) is 6.07. The number of carbonyl (C=O) groups excluding carboxylic acids is 2. The van der Waals surface area contributed by atoms with Gasteiger partial charge in [0.1, 0.15) is 16.5 Å². The summed E-state index contributed by atoms with van der Waals surface area (Å²) in [6, 6.07) is 12.3. The SMILES string of the molecule is CCC1CCc2c(sc3nc(-c4ccc(C(=O)OCC(=O)N(CC)C(C)c5ccc(F)cc5)cc4)[nH]c(=O)c23)C1. The van der Waals surface area contributed by atoms with Crippen LogP contribution in [0.3, 0.4) is 0 Å². The van der Waals surface area contributed by atoms with Gasteiger partial charge < -0.3 is 14.6 Å². The van der Waals surface area contributed by atoms with Crippen molar-refractivity contribution >= 4 is 33.4 Å². The van der Waals surface area contributed by atoms with Crippen LogP contribution in [0.1, 0.15) is 66.0 Å². The average molecular weight is 562 g/mol. The smallest absolute Gasteiger partial charge is 0.338 e. The molecule has 1 aliphatic rings. The fourth-order valence-corrected chi connectivity index (χ4v) is 6.72. The number of aromatic amines is 1. The third-order valence-electron chi connectivity index (χ3n) is 7.80. The van der Waals surface area contributed by atoms with Crippen LogP contribution in [0.4, 0.5) is 4.39 Å². The van der Waals surface area contributed by atoms with Crippen LogP contribution in [-0.2, 0) is 22.4 Å². The number of amides is 1. The minimum Gasteiger partial charge on any atom is -0.452 e. The third kappa shape index (κ3) is 5.56. The second-order valence-electron chi connectivity index (χ2n) is 10.2.